The molecule has 0 aromatic carbocycles. The predicted molar refractivity (Wildman–Crippen MR) is 72.3 cm³/mol. The van der Waals surface area contributed by atoms with Crippen molar-refractivity contribution in [1.29, 1.82) is 0 Å². The lowest BCUT2D eigenvalue weighted by Crippen LogP contribution is -2.38. The number of aryl methyl sites for hydroxylation is 1. The number of hydrogen-bond donors (Lipinski definition) is 2. The Labute approximate surface area is 109 Å². The molecule has 0 saturated heterocycles. The van der Waals surface area contributed by atoms with Crippen molar-refractivity contribution in [1.82, 2.24) is 15.1 Å². The second-order valence-electron chi connectivity index (χ2n) is 5.48. The third-order valence-corrected chi connectivity index (χ3v) is 3.95. The first kappa shape index (κ1) is 13.6. The van der Waals surface area contributed by atoms with E-state index in [0.717, 1.165) is 25.9 Å². The topological polar surface area (TPSA) is 50.1 Å². The van der Waals surface area contributed by atoms with Gasteiger partial charge in [0.05, 0.1) is 6.10 Å². The van der Waals surface area contributed by atoms with Crippen molar-refractivity contribution in [2.24, 2.45) is 5.92 Å². The maximum atomic E-state index is 9.91. The molecule has 3 atom stereocenters. The smallest absolute Gasteiger partial charge is 0.0580 e. The molecule has 0 radical (unpaired) electrons. The van der Waals surface area contributed by atoms with Crippen molar-refractivity contribution >= 4 is 0 Å². The average molecular weight is 251 g/mol. The van der Waals surface area contributed by atoms with Gasteiger partial charge >= 0.3 is 0 Å². The normalized spacial score (nSPS) is 26.1. The van der Waals surface area contributed by atoms with Crippen molar-refractivity contribution in [3.8, 4) is 0 Å². The molecule has 0 amide bonds. The Morgan fingerprint density at radius 3 is 3.00 bits per heavy atom. The van der Waals surface area contributed by atoms with Gasteiger partial charge in [-0.3, -0.25) is 4.68 Å². The van der Waals surface area contributed by atoms with E-state index < -0.39 is 0 Å². The molecule has 1 aromatic heterocycles. The fraction of sp³-hybridized carbons (Fsp3) is 0.786. The quantitative estimate of drug-likeness (QED) is 0.810. The number of nitrogens with zero attached hydrogens (tertiary/aromatic N) is 2. The van der Waals surface area contributed by atoms with Crippen LogP contribution in [0.1, 0.15) is 39.0 Å². The highest BCUT2D eigenvalue weighted by atomic mass is 16.3. The molecule has 4 nitrogen and oxygen atoms in total. The first-order chi connectivity index (χ1) is 8.75. The summed E-state index contributed by atoms with van der Waals surface area (Å²) in [5, 5.41) is 17.7. The van der Waals surface area contributed by atoms with Crippen molar-refractivity contribution in [3.05, 3.63) is 18.5 Å². The number of aliphatic hydroxyl groups is 1. The predicted octanol–water partition coefficient (Wildman–Crippen LogP) is 1.80. The summed E-state index contributed by atoms with van der Waals surface area (Å²) in [7, 11) is 0. The summed E-state index contributed by atoms with van der Waals surface area (Å²) in [6.45, 7) is 4.11. The molecule has 1 aliphatic carbocycles. The van der Waals surface area contributed by atoms with E-state index in [-0.39, 0.29) is 6.10 Å². The highest BCUT2D eigenvalue weighted by Crippen LogP contribution is 2.23. The van der Waals surface area contributed by atoms with E-state index in [2.05, 4.69) is 17.3 Å². The summed E-state index contributed by atoms with van der Waals surface area (Å²) in [5.74, 6) is 0.450. The first-order valence-electron chi connectivity index (χ1n) is 7.14. The summed E-state index contributed by atoms with van der Waals surface area (Å²) in [5.41, 5.74) is 0. The lowest BCUT2D eigenvalue weighted by molar-refractivity contribution is 0.0682. The Hall–Kier alpha value is -0.870. The Bertz CT molecular complexity index is 326. The van der Waals surface area contributed by atoms with E-state index in [0.29, 0.717) is 12.0 Å². The van der Waals surface area contributed by atoms with Gasteiger partial charge in [-0.2, -0.15) is 5.10 Å². The highest BCUT2D eigenvalue weighted by molar-refractivity contribution is 4.79. The number of rotatable bonds is 6. The average Bonchev–Trinajstić information content (AvgIpc) is 2.88. The molecule has 2 N–H and O–H groups in total. The van der Waals surface area contributed by atoms with Crippen LogP contribution in [0, 0.1) is 5.92 Å². The van der Waals surface area contributed by atoms with Crippen molar-refractivity contribution in [2.75, 3.05) is 6.54 Å². The fourth-order valence-electron chi connectivity index (χ4n) is 2.64. The summed E-state index contributed by atoms with van der Waals surface area (Å²) >= 11 is 0. The van der Waals surface area contributed by atoms with Gasteiger partial charge in [0.2, 0.25) is 0 Å². The number of nitrogens with one attached hydrogen (secondary N) is 1. The largest absolute Gasteiger partial charge is 0.393 e. The van der Waals surface area contributed by atoms with Crippen LogP contribution in [0.15, 0.2) is 18.5 Å². The zero-order valence-corrected chi connectivity index (χ0v) is 11.3. The zero-order valence-electron chi connectivity index (χ0n) is 11.3. The Morgan fingerprint density at radius 1 is 1.44 bits per heavy atom. The van der Waals surface area contributed by atoms with E-state index in [1.807, 2.05) is 23.1 Å². The van der Waals surface area contributed by atoms with Crippen LogP contribution in [-0.2, 0) is 6.54 Å². The summed E-state index contributed by atoms with van der Waals surface area (Å²) in [4.78, 5) is 0. The molecular formula is C14H25N3O. The molecule has 1 fully saturated rings. The minimum Gasteiger partial charge on any atom is -0.393 e. The van der Waals surface area contributed by atoms with Gasteiger partial charge in [-0.1, -0.05) is 12.8 Å². The van der Waals surface area contributed by atoms with Crippen LogP contribution >= 0.6 is 0 Å². The van der Waals surface area contributed by atoms with Gasteiger partial charge in [0.25, 0.3) is 0 Å². The number of hydrogen-bond acceptors (Lipinski definition) is 3. The van der Waals surface area contributed by atoms with E-state index in [4.69, 9.17) is 0 Å². The second-order valence-corrected chi connectivity index (χ2v) is 5.48. The number of aromatic nitrogens is 2. The molecule has 0 bridgehead atoms. The maximum absolute atomic E-state index is 9.91. The van der Waals surface area contributed by atoms with E-state index in [1.165, 1.54) is 19.3 Å². The monoisotopic (exact) mass is 251 g/mol. The summed E-state index contributed by atoms with van der Waals surface area (Å²) < 4.78 is 1.97. The van der Waals surface area contributed by atoms with Gasteiger partial charge in [0.1, 0.15) is 0 Å². The van der Waals surface area contributed by atoms with Crippen LogP contribution in [0.3, 0.4) is 0 Å². The van der Waals surface area contributed by atoms with Crippen LogP contribution < -0.4 is 5.32 Å². The van der Waals surface area contributed by atoms with Gasteiger partial charge in [-0.15, -0.1) is 0 Å². The highest BCUT2D eigenvalue weighted by Gasteiger charge is 2.22. The first-order valence-corrected chi connectivity index (χ1v) is 7.14. The van der Waals surface area contributed by atoms with Gasteiger partial charge < -0.3 is 10.4 Å². The Morgan fingerprint density at radius 2 is 2.28 bits per heavy atom. The van der Waals surface area contributed by atoms with Crippen LogP contribution in [-0.4, -0.2) is 33.6 Å². The van der Waals surface area contributed by atoms with E-state index >= 15 is 0 Å². The SMILES string of the molecule is CC(CCn1cccn1)NCC1CCCCC1O. The minimum absolute atomic E-state index is 0.0930. The maximum Gasteiger partial charge on any atom is 0.0580 e. The molecule has 1 heterocycles. The lowest BCUT2D eigenvalue weighted by Gasteiger charge is -2.29. The molecule has 2 rings (SSSR count). The lowest BCUT2D eigenvalue weighted by atomic mass is 9.86. The molecule has 102 valence electrons. The fourth-order valence-corrected chi connectivity index (χ4v) is 2.64. The standard InChI is InChI=1S/C14H25N3O/c1-12(7-10-17-9-4-8-16-17)15-11-13-5-2-3-6-14(13)18/h4,8-9,12-15,18H,2-3,5-7,10-11H2,1H3. The molecule has 1 saturated carbocycles. The molecule has 0 aliphatic heterocycles. The summed E-state index contributed by atoms with van der Waals surface area (Å²) in [6.07, 6.45) is 9.40. The molecular weight excluding hydrogens is 226 g/mol. The molecule has 1 aromatic rings. The van der Waals surface area contributed by atoms with E-state index in [1.54, 1.807) is 0 Å². The van der Waals surface area contributed by atoms with Crippen molar-refractivity contribution < 1.29 is 5.11 Å². The Kier molecular flexibility index (Phi) is 5.20. The zero-order chi connectivity index (χ0) is 12.8. The van der Waals surface area contributed by atoms with Crippen molar-refractivity contribution in [2.45, 2.75) is 57.7 Å². The minimum atomic E-state index is -0.0930. The molecule has 3 unspecified atom stereocenters. The van der Waals surface area contributed by atoms with Gasteiger partial charge in [0, 0.05) is 31.5 Å². The van der Waals surface area contributed by atoms with Crippen LogP contribution in [0.5, 0.6) is 0 Å². The van der Waals surface area contributed by atoms with Crippen LogP contribution in [0.2, 0.25) is 0 Å². The number of aliphatic hydroxyl groups excluding tert-OH is 1. The Balaban J connectivity index is 1.63. The van der Waals surface area contributed by atoms with Gasteiger partial charge in [-0.05, 0) is 38.2 Å². The van der Waals surface area contributed by atoms with Crippen LogP contribution in [0.4, 0.5) is 0 Å². The summed E-state index contributed by atoms with van der Waals surface area (Å²) in [6, 6.07) is 2.43. The molecule has 4 heteroatoms. The third-order valence-electron chi connectivity index (χ3n) is 3.95. The molecule has 1 aliphatic rings. The molecule has 0 spiro atoms. The molecule has 18 heavy (non-hydrogen) atoms. The van der Waals surface area contributed by atoms with Crippen LogP contribution in [0.25, 0.3) is 0 Å². The van der Waals surface area contributed by atoms with Crippen molar-refractivity contribution in [3.63, 3.8) is 0 Å². The van der Waals surface area contributed by atoms with Gasteiger partial charge in [-0.25, -0.2) is 0 Å². The second kappa shape index (κ2) is 6.90. The third kappa shape index (κ3) is 4.10. The van der Waals surface area contributed by atoms with Gasteiger partial charge in [0.15, 0.2) is 0 Å². The van der Waals surface area contributed by atoms with E-state index in [9.17, 15) is 5.11 Å².